The van der Waals surface area contributed by atoms with Gasteiger partial charge in [0.15, 0.2) is 0 Å². The molecule has 0 unspecified atom stereocenters. The van der Waals surface area contributed by atoms with Crippen LogP contribution in [0.4, 0.5) is 4.39 Å². The summed E-state index contributed by atoms with van der Waals surface area (Å²) in [5.41, 5.74) is 2.74. The minimum Gasteiger partial charge on any atom is -0.507 e. The molecule has 78 valence electrons. The normalized spacial score (nSPS) is 11.1. The van der Waals surface area contributed by atoms with E-state index in [2.05, 4.69) is 0 Å². The molecule has 0 radical (unpaired) electrons. The molecule has 0 amide bonds. The van der Waals surface area contributed by atoms with E-state index in [4.69, 9.17) is 0 Å². The van der Waals surface area contributed by atoms with Gasteiger partial charge in [0.1, 0.15) is 11.6 Å². The highest BCUT2D eigenvalue weighted by Crippen LogP contribution is 2.34. The van der Waals surface area contributed by atoms with Gasteiger partial charge in [-0.15, -0.1) is 0 Å². The van der Waals surface area contributed by atoms with Crippen molar-refractivity contribution in [3.8, 4) is 5.75 Å². The minimum absolute atomic E-state index is 0.0943. The van der Waals surface area contributed by atoms with E-state index >= 15 is 0 Å². The minimum atomic E-state index is -0.281. The Balaban J connectivity index is 3.60. The first kappa shape index (κ1) is 11.0. The van der Waals surface area contributed by atoms with Crippen LogP contribution >= 0.6 is 0 Å². The van der Waals surface area contributed by atoms with Crippen LogP contribution in [0.15, 0.2) is 0 Å². The van der Waals surface area contributed by atoms with E-state index in [9.17, 15) is 9.50 Å². The van der Waals surface area contributed by atoms with E-state index in [0.29, 0.717) is 11.1 Å². The van der Waals surface area contributed by atoms with Gasteiger partial charge in [-0.1, -0.05) is 13.8 Å². The Hall–Kier alpha value is -1.05. The lowest BCUT2D eigenvalue weighted by Gasteiger charge is -2.17. The van der Waals surface area contributed by atoms with Gasteiger partial charge in [-0.05, 0) is 43.4 Å². The largest absolute Gasteiger partial charge is 0.507 e. The van der Waals surface area contributed by atoms with Crippen LogP contribution in [0.1, 0.15) is 42.0 Å². The first-order chi connectivity index (χ1) is 6.37. The third kappa shape index (κ3) is 1.49. The molecular formula is C12H17FO. The SMILES string of the molecule is Cc1c(O)c(C)c(C(C)C)c(C)c1F. The molecule has 2 heteroatoms. The molecule has 0 aliphatic carbocycles. The summed E-state index contributed by atoms with van der Waals surface area (Å²) in [7, 11) is 0. The second-order valence-electron chi connectivity index (χ2n) is 4.11. The van der Waals surface area contributed by atoms with Gasteiger partial charge in [0.05, 0.1) is 0 Å². The zero-order valence-corrected chi connectivity index (χ0v) is 9.40. The van der Waals surface area contributed by atoms with E-state index in [0.717, 1.165) is 11.1 Å². The first-order valence-corrected chi connectivity index (χ1v) is 4.86. The molecule has 0 saturated heterocycles. The highest BCUT2D eigenvalue weighted by Gasteiger charge is 2.18. The Bertz CT molecular complexity index is 338. The Kier molecular flexibility index (Phi) is 2.84. The van der Waals surface area contributed by atoms with Crippen LogP contribution in [0, 0.1) is 26.6 Å². The molecule has 0 aliphatic rings. The van der Waals surface area contributed by atoms with Crippen LogP contribution < -0.4 is 0 Å². The number of benzene rings is 1. The number of halogens is 1. The van der Waals surface area contributed by atoms with Gasteiger partial charge in [-0.3, -0.25) is 0 Å². The van der Waals surface area contributed by atoms with Gasteiger partial charge in [-0.2, -0.15) is 0 Å². The fourth-order valence-corrected chi connectivity index (χ4v) is 2.06. The van der Waals surface area contributed by atoms with Crippen LogP contribution in [0.25, 0.3) is 0 Å². The molecule has 1 rings (SSSR count). The molecule has 0 atom stereocenters. The fraction of sp³-hybridized carbons (Fsp3) is 0.500. The Morgan fingerprint density at radius 1 is 1.00 bits per heavy atom. The summed E-state index contributed by atoms with van der Waals surface area (Å²) in [6, 6.07) is 0. The maximum absolute atomic E-state index is 13.6. The molecule has 0 spiro atoms. The van der Waals surface area contributed by atoms with E-state index < -0.39 is 0 Å². The lowest BCUT2D eigenvalue weighted by molar-refractivity contribution is 0.455. The second kappa shape index (κ2) is 3.60. The maximum Gasteiger partial charge on any atom is 0.133 e. The molecule has 0 aliphatic heterocycles. The van der Waals surface area contributed by atoms with Crippen molar-refractivity contribution >= 4 is 0 Å². The lowest BCUT2D eigenvalue weighted by atomic mass is 9.90. The van der Waals surface area contributed by atoms with Crippen molar-refractivity contribution in [2.24, 2.45) is 0 Å². The summed E-state index contributed by atoms with van der Waals surface area (Å²) in [5.74, 6) is 0.0459. The topological polar surface area (TPSA) is 20.2 Å². The number of phenols is 1. The molecular weight excluding hydrogens is 179 g/mol. The zero-order valence-electron chi connectivity index (χ0n) is 9.40. The molecule has 0 fully saturated rings. The van der Waals surface area contributed by atoms with Crippen molar-refractivity contribution in [3.63, 3.8) is 0 Å². The van der Waals surface area contributed by atoms with Crippen molar-refractivity contribution in [1.29, 1.82) is 0 Å². The van der Waals surface area contributed by atoms with Crippen molar-refractivity contribution in [3.05, 3.63) is 28.1 Å². The van der Waals surface area contributed by atoms with E-state index in [-0.39, 0.29) is 17.5 Å². The van der Waals surface area contributed by atoms with Crippen molar-refractivity contribution < 1.29 is 9.50 Å². The lowest BCUT2D eigenvalue weighted by Crippen LogP contribution is -2.02. The average Bonchev–Trinajstić information content (AvgIpc) is 2.11. The van der Waals surface area contributed by atoms with Gasteiger partial charge in [0, 0.05) is 5.56 Å². The third-order valence-corrected chi connectivity index (χ3v) is 2.75. The van der Waals surface area contributed by atoms with Gasteiger partial charge >= 0.3 is 0 Å². The number of hydrogen-bond donors (Lipinski definition) is 1. The predicted octanol–water partition coefficient (Wildman–Crippen LogP) is 3.58. The summed E-state index contributed by atoms with van der Waals surface area (Å²) in [4.78, 5) is 0. The Morgan fingerprint density at radius 3 is 1.93 bits per heavy atom. The Morgan fingerprint density at radius 2 is 1.50 bits per heavy atom. The van der Waals surface area contributed by atoms with Crippen LogP contribution in [-0.2, 0) is 0 Å². The van der Waals surface area contributed by atoms with E-state index in [1.807, 2.05) is 20.8 Å². The molecule has 0 saturated carbocycles. The van der Waals surface area contributed by atoms with Crippen molar-refractivity contribution in [2.45, 2.75) is 40.5 Å². The summed E-state index contributed by atoms with van der Waals surface area (Å²) in [6.07, 6.45) is 0. The quantitative estimate of drug-likeness (QED) is 0.727. The monoisotopic (exact) mass is 196 g/mol. The molecule has 0 bridgehead atoms. The summed E-state index contributed by atoms with van der Waals surface area (Å²) >= 11 is 0. The summed E-state index contributed by atoms with van der Waals surface area (Å²) < 4.78 is 13.6. The predicted molar refractivity (Wildman–Crippen MR) is 56.4 cm³/mol. The first-order valence-electron chi connectivity index (χ1n) is 4.86. The van der Waals surface area contributed by atoms with Gasteiger partial charge in [0.25, 0.3) is 0 Å². The van der Waals surface area contributed by atoms with Gasteiger partial charge < -0.3 is 5.11 Å². The standard InChI is InChI=1S/C12H17FO/c1-6(2)10-7(3)11(13)9(5)12(14)8(10)4/h6,14H,1-5H3. The van der Waals surface area contributed by atoms with Crippen LogP contribution in [0.2, 0.25) is 0 Å². The van der Waals surface area contributed by atoms with Crippen molar-refractivity contribution in [1.82, 2.24) is 0 Å². The van der Waals surface area contributed by atoms with Crippen LogP contribution in [0.3, 0.4) is 0 Å². The second-order valence-corrected chi connectivity index (χ2v) is 4.11. The zero-order chi connectivity index (χ0) is 11.0. The van der Waals surface area contributed by atoms with Gasteiger partial charge in [-0.25, -0.2) is 4.39 Å². The smallest absolute Gasteiger partial charge is 0.133 e. The van der Waals surface area contributed by atoms with Gasteiger partial charge in [0.2, 0.25) is 0 Å². The number of phenolic OH excluding ortho intramolecular Hbond substituents is 1. The maximum atomic E-state index is 13.6. The molecule has 1 N–H and O–H groups in total. The fourth-order valence-electron chi connectivity index (χ4n) is 2.06. The number of rotatable bonds is 1. The Labute approximate surface area is 84.6 Å². The number of hydrogen-bond acceptors (Lipinski definition) is 1. The molecule has 1 aromatic rings. The highest BCUT2D eigenvalue weighted by molar-refractivity contribution is 5.50. The molecule has 0 aromatic heterocycles. The van der Waals surface area contributed by atoms with Crippen molar-refractivity contribution in [2.75, 3.05) is 0 Å². The van der Waals surface area contributed by atoms with Crippen LogP contribution in [-0.4, -0.2) is 5.11 Å². The highest BCUT2D eigenvalue weighted by atomic mass is 19.1. The van der Waals surface area contributed by atoms with E-state index in [1.54, 1.807) is 13.8 Å². The average molecular weight is 196 g/mol. The van der Waals surface area contributed by atoms with E-state index in [1.165, 1.54) is 0 Å². The molecule has 1 nitrogen and oxygen atoms in total. The molecule has 14 heavy (non-hydrogen) atoms. The number of aromatic hydroxyl groups is 1. The summed E-state index contributed by atoms with van der Waals surface area (Å²) in [5, 5.41) is 9.70. The summed E-state index contributed by atoms with van der Waals surface area (Å²) in [6.45, 7) is 9.22. The third-order valence-electron chi connectivity index (χ3n) is 2.75. The van der Waals surface area contributed by atoms with Crippen LogP contribution in [0.5, 0.6) is 5.75 Å². The molecule has 1 aromatic carbocycles. The molecule has 0 heterocycles.